The molecule has 8 nitrogen and oxygen atoms in total. The fraction of sp³-hybridized carbons (Fsp3) is 0.167. The third kappa shape index (κ3) is 2.39. The van der Waals surface area contributed by atoms with Crippen LogP contribution in [-0.4, -0.2) is 40.0 Å². The van der Waals surface area contributed by atoms with Crippen molar-refractivity contribution in [3.8, 4) is 32.5 Å². The minimum atomic E-state index is 0.697. The Bertz CT molecular complexity index is 1240. The Morgan fingerprint density at radius 1 is 1.04 bits per heavy atom. The third-order valence-electron chi connectivity index (χ3n) is 4.55. The number of aryl methyl sites for hydroxylation is 3. The second-order valence-corrected chi connectivity index (χ2v) is 7.33. The van der Waals surface area contributed by atoms with Gasteiger partial charge in [0.15, 0.2) is 5.82 Å². The zero-order valence-corrected chi connectivity index (χ0v) is 15.8. The molecule has 5 aromatic rings. The van der Waals surface area contributed by atoms with Crippen LogP contribution in [0.15, 0.2) is 30.7 Å². The number of hydrogen-bond acceptors (Lipinski definition) is 6. The van der Waals surface area contributed by atoms with Gasteiger partial charge in [-0.25, -0.2) is 14.5 Å². The van der Waals surface area contributed by atoms with Crippen molar-refractivity contribution < 1.29 is 0 Å². The molecule has 5 rings (SSSR count). The lowest BCUT2D eigenvalue weighted by Gasteiger charge is -1.99. The van der Waals surface area contributed by atoms with E-state index >= 15 is 0 Å². The smallest absolute Gasteiger partial charge is 0.167 e. The van der Waals surface area contributed by atoms with E-state index in [1.165, 1.54) is 6.33 Å². The van der Waals surface area contributed by atoms with Gasteiger partial charge in [-0.1, -0.05) is 6.07 Å². The summed E-state index contributed by atoms with van der Waals surface area (Å²) >= 11 is 1.58. The minimum absolute atomic E-state index is 0.697. The molecule has 0 saturated carbocycles. The molecule has 0 fully saturated rings. The maximum atomic E-state index is 5.00. The number of nitrogens with zero attached hydrogens (tertiary/aromatic N) is 6. The molecule has 134 valence electrons. The maximum Gasteiger partial charge on any atom is 0.167 e. The first-order valence-corrected chi connectivity index (χ1v) is 9.28. The van der Waals surface area contributed by atoms with Gasteiger partial charge in [0, 0.05) is 17.5 Å². The Kier molecular flexibility index (Phi) is 3.44. The Morgan fingerprint density at radius 3 is 2.67 bits per heavy atom. The largest absolute Gasteiger partial charge is 0.282 e. The molecular weight excluding hydrogens is 360 g/mol. The molecule has 0 aromatic carbocycles. The van der Waals surface area contributed by atoms with Crippen LogP contribution in [0.2, 0.25) is 0 Å². The highest BCUT2D eigenvalue weighted by Gasteiger charge is 2.24. The fourth-order valence-electron chi connectivity index (χ4n) is 3.35. The van der Waals surface area contributed by atoms with Crippen molar-refractivity contribution >= 4 is 16.9 Å². The van der Waals surface area contributed by atoms with Crippen LogP contribution in [0.5, 0.6) is 0 Å². The molecule has 0 atom stereocenters. The first-order chi connectivity index (χ1) is 13.1. The fourth-order valence-corrected chi connectivity index (χ4v) is 4.48. The van der Waals surface area contributed by atoms with Gasteiger partial charge in [0.1, 0.15) is 11.3 Å². The van der Waals surface area contributed by atoms with E-state index in [2.05, 4.69) is 36.5 Å². The van der Waals surface area contributed by atoms with E-state index < -0.39 is 0 Å². The molecule has 5 heterocycles. The van der Waals surface area contributed by atoms with Crippen molar-refractivity contribution in [1.82, 2.24) is 40.0 Å². The van der Waals surface area contributed by atoms with Crippen molar-refractivity contribution in [3.63, 3.8) is 0 Å². The molecule has 0 saturated heterocycles. The normalized spacial score (nSPS) is 11.5. The molecule has 0 radical (unpaired) electrons. The second-order valence-electron chi connectivity index (χ2n) is 6.33. The number of fused-ring (bicyclic) bond motifs is 1. The molecule has 27 heavy (non-hydrogen) atoms. The van der Waals surface area contributed by atoms with Gasteiger partial charge in [0.25, 0.3) is 0 Å². The first-order valence-electron chi connectivity index (χ1n) is 8.46. The molecule has 0 aliphatic carbocycles. The second kappa shape index (κ2) is 5.85. The van der Waals surface area contributed by atoms with Crippen LogP contribution in [0.4, 0.5) is 0 Å². The molecule has 9 heteroatoms. The number of hydrogen-bond donors (Lipinski definition) is 2. The zero-order valence-electron chi connectivity index (χ0n) is 15.0. The van der Waals surface area contributed by atoms with E-state index in [-0.39, 0.29) is 0 Å². The molecule has 0 aliphatic heterocycles. The summed E-state index contributed by atoms with van der Waals surface area (Å²) in [5.74, 6) is 0.697. The van der Waals surface area contributed by atoms with Crippen molar-refractivity contribution in [3.05, 3.63) is 47.8 Å². The minimum Gasteiger partial charge on any atom is -0.282 e. The quantitative estimate of drug-likeness (QED) is 0.501. The first kappa shape index (κ1) is 15.9. The van der Waals surface area contributed by atoms with Gasteiger partial charge in [-0.2, -0.15) is 15.3 Å². The van der Waals surface area contributed by atoms with Gasteiger partial charge in [-0.3, -0.25) is 10.2 Å². The summed E-state index contributed by atoms with van der Waals surface area (Å²) in [6.07, 6.45) is 3.45. The highest BCUT2D eigenvalue weighted by Crippen LogP contribution is 2.42. The molecule has 2 N–H and O–H groups in total. The SMILES string of the molecule is Cc1n[nH]c(C)c1-c1nc(-c2c(C)nn3ccccc23)sc1-c1ncn[nH]1. The van der Waals surface area contributed by atoms with Gasteiger partial charge >= 0.3 is 0 Å². The predicted molar refractivity (Wildman–Crippen MR) is 103 cm³/mol. The summed E-state index contributed by atoms with van der Waals surface area (Å²) in [6, 6.07) is 6.03. The van der Waals surface area contributed by atoms with Crippen LogP contribution >= 0.6 is 11.3 Å². The highest BCUT2D eigenvalue weighted by atomic mass is 32.1. The van der Waals surface area contributed by atoms with Gasteiger partial charge < -0.3 is 0 Å². The van der Waals surface area contributed by atoms with E-state index in [0.29, 0.717) is 5.82 Å². The lowest BCUT2D eigenvalue weighted by Crippen LogP contribution is -1.87. The maximum absolute atomic E-state index is 5.00. The van der Waals surface area contributed by atoms with Crippen LogP contribution in [0.25, 0.3) is 38.0 Å². The molecule has 0 bridgehead atoms. The Hall–Kier alpha value is -3.33. The van der Waals surface area contributed by atoms with E-state index in [1.807, 2.05) is 43.6 Å². The van der Waals surface area contributed by atoms with Crippen LogP contribution in [0, 0.1) is 20.8 Å². The van der Waals surface area contributed by atoms with Crippen molar-refractivity contribution in [2.45, 2.75) is 20.8 Å². The van der Waals surface area contributed by atoms with E-state index in [4.69, 9.17) is 4.98 Å². The lowest BCUT2D eigenvalue weighted by atomic mass is 10.1. The number of thiazole rings is 1. The average Bonchev–Trinajstić information content (AvgIpc) is 3.40. The summed E-state index contributed by atoms with van der Waals surface area (Å²) in [5, 5.41) is 19.9. The molecule has 5 aromatic heterocycles. The summed E-state index contributed by atoms with van der Waals surface area (Å²) in [6.45, 7) is 5.98. The van der Waals surface area contributed by atoms with Crippen molar-refractivity contribution in [1.29, 1.82) is 0 Å². The zero-order chi connectivity index (χ0) is 18.5. The monoisotopic (exact) mass is 376 g/mol. The summed E-state index contributed by atoms with van der Waals surface area (Å²) in [7, 11) is 0. The van der Waals surface area contributed by atoms with Gasteiger partial charge in [-0.15, -0.1) is 11.3 Å². The molecule has 0 unspecified atom stereocenters. The third-order valence-corrected chi connectivity index (χ3v) is 5.63. The molecule has 0 amide bonds. The molecule has 0 spiro atoms. The highest BCUT2D eigenvalue weighted by molar-refractivity contribution is 7.19. The Labute approximate surface area is 158 Å². The van der Waals surface area contributed by atoms with E-state index in [1.54, 1.807) is 11.3 Å². The van der Waals surface area contributed by atoms with Gasteiger partial charge in [0.2, 0.25) is 0 Å². The Morgan fingerprint density at radius 2 is 1.93 bits per heavy atom. The molecular formula is C18H16N8S. The average molecular weight is 376 g/mol. The van der Waals surface area contributed by atoms with Crippen molar-refractivity contribution in [2.24, 2.45) is 0 Å². The lowest BCUT2D eigenvalue weighted by molar-refractivity contribution is 0.934. The van der Waals surface area contributed by atoms with Gasteiger partial charge in [-0.05, 0) is 32.9 Å². The van der Waals surface area contributed by atoms with E-state index in [9.17, 15) is 0 Å². The van der Waals surface area contributed by atoms with Crippen LogP contribution in [0.1, 0.15) is 17.1 Å². The topological polar surface area (TPSA) is 100 Å². The number of pyridine rings is 1. The number of nitrogens with one attached hydrogen (secondary N) is 2. The summed E-state index contributed by atoms with van der Waals surface area (Å²) in [5.41, 5.74) is 6.73. The molecule has 0 aliphatic rings. The van der Waals surface area contributed by atoms with Crippen LogP contribution in [-0.2, 0) is 0 Å². The van der Waals surface area contributed by atoms with E-state index in [0.717, 1.165) is 49.3 Å². The number of rotatable bonds is 3. The standard InChI is InChI=1S/C18H16N8S/c1-9-13(10(2)23-22-9)15-16(17-19-8-20-24-17)27-18(21-15)14-11(3)25-26-7-5-4-6-12(14)26/h4-8H,1-3H3,(H,22,23)(H,19,20,24). The summed E-state index contributed by atoms with van der Waals surface area (Å²) < 4.78 is 1.88. The Balaban J connectivity index is 1.80. The summed E-state index contributed by atoms with van der Waals surface area (Å²) in [4.78, 5) is 10.3. The predicted octanol–water partition coefficient (Wildman–Crippen LogP) is 3.56. The van der Waals surface area contributed by atoms with Crippen LogP contribution < -0.4 is 0 Å². The number of aromatic nitrogens is 8. The van der Waals surface area contributed by atoms with Crippen LogP contribution in [0.3, 0.4) is 0 Å². The number of aromatic amines is 2. The number of H-pyrrole nitrogens is 2. The van der Waals surface area contributed by atoms with Crippen molar-refractivity contribution in [2.75, 3.05) is 0 Å². The van der Waals surface area contributed by atoms with Gasteiger partial charge in [0.05, 0.1) is 33.0 Å².